The lowest BCUT2D eigenvalue weighted by molar-refractivity contribution is 0.148. The second-order valence-corrected chi connectivity index (χ2v) is 4.40. The predicted molar refractivity (Wildman–Crippen MR) is 77.9 cm³/mol. The molecule has 3 N–H and O–H groups in total. The summed E-state index contributed by atoms with van der Waals surface area (Å²) in [6.45, 7) is 0. The molecule has 21 heavy (non-hydrogen) atoms. The topological polar surface area (TPSA) is 83.2 Å². The highest BCUT2D eigenvalue weighted by molar-refractivity contribution is 5.60. The molecule has 0 bridgehead atoms. The van der Waals surface area contributed by atoms with Crippen molar-refractivity contribution in [3.05, 3.63) is 66.9 Å². The Hall–Kier alpha value is -2.70. The van der Waals surface area contributed by atoms with Crippen molar-refractivity contribution in [1.82, 2.24) is 15.4 Å². The van der Waals surface area contributed by atoms with Crippen molar-refractivity contribution in [3.63, 3.8) is 0 Å². The van der Waals surface area contributed by atoms with Gasteiger partial charge in [-0.25, -0.2) is 10.4 Å². The van der Waals surface area contributed by atoms with Crippen LogP contribution in [0, 0.1) is 0 Å². The highest BCUT2D eigenvalue weighted by Gasteiger charge is 2.06. The molecule has 6 heteroatoms. The first kappa shape index (κ1) is 13.3. The maximum absolute atomic E-state index is 9.96. The summed E-state index contributed by atoms with van der Waals surface area (Å²) in [6, 6.07) is 11.1. The first-order chi connectivity index (χ1) is 10.3. The van der Waals surface area contributed by atoms with Crippen molar-refractivity contribution in [2.45, 2.75) is 6.23 Å². The Kier molecular flexibility index (Phi) is 3.90. The van der Waals surface area contributed by atoms with Crippen LogP contribution in [0.2, 0.25) is 0 Å². The number of hydrogen-bond acceptors (Lipinski definition) is 6. The number of aromatic nitrogens is 2. The number of hydrazine groups is 1. The maximum atomic E-state index is 9.96. The van der Waals surface area contributed by atoms with Gasteiger partial charge in [-0.1, -0.05) is 0 Å². The average Bonchev–Trinajstić information content (AvgIpc) is 3.08. The Morgan fingerprint density at radius 3 is 2.43 bits per heavy atom. The molecule has 0 spiro atoms. The summed E-state index contributed by atoms with van der Waals surface area (Å²) in [6.07, 6.45) is 5.50. The molecule has 1 unspecified atom stereocenters. The fourth-order valence-electron chi connectivity index (χ4n) is 1.86. The zero-order valence-electron chi connectivity index (χ0n) is 11.1. The summed E-state index contributed by atoms with van der Waals surface area (Å²) in [4.78, 5) is 7.79. The number of aliphatic hydroxyl groups is 1. The maximum Gasteiger partial charge on any atom is 0.181 e. The molecule has 106 valence electrons. The van der Waals surface area contributed by atoms with Gasteiger partial charge in [0.15, 0.2) is 12.2 Å². The van der Waals surface area contributed by atoms with Crippen LogP contribution in [0.15, 0.2) is 65.8 Å². The number of aliphatic hydroxyl groups excluding tert-OH is 1. The van der Waals surface area contributed by atoms with Gasteiger partial charge in [-0.15, -0.1) is 0 Å². The summed E-state index contributed by atoms with van der Waals surface area (Å²) in [5.41, 5.74) is 8.26. The molecular weight excluding hydrogens is 268 g/mol. The molecule has 0 aliphatic rings. The normalized spacial score (nSPS) is 12.0. The van der Waals surface area contributed by atoms with Gasteiger partial charge in [-0.2, -0.15) is 0 Å². The second kappa shape index (κ2) is 6.17. The Balaban J connectivity index is 1.61. The van der Waals surface area contributed by atoms with E-state index in [1.54, 1.807) is 30.7 Å². The highest BCUT2D eigenvalue weighted by atomic mass is 16.3. The third-order valence-electron chi connectivity index (χ3n) is 2.98. The quantitative estimate of drug-likeness (QED) is 0.492. The minimum absolute atomic E-state index is 0.714. The van der Waals surface area contributed by atoms with Gasteiger partial charge in [0.2, 0.25) is 0 Å². The third-order valence-corrected chi connectivity index (χ3v) is 2.98. The van der Waals surface area contributed by atoms with E-state index < -0.39 is 6.23 Å². The number of rotatable bonds is 5. The molecule has 0 radical (unpaired) electrons. The van der Waals surface area contributed by atoms with E-state index in [1.807, 2.05) is 24.3 Å². The minimum Gasteiger partial charge on any atom is -0.444 e. The number of pyridine rings is 1. The van der Waals surface area contributed by atoms with Crippen LogP contribution < -0.4 is 10.9 Å². The van der Waals surface area contributed by atoms with E-state index in [-0.39, 0.29) is 0 Å². The largest absolute Gasteiger partial charge is 0.444 e. The monoisotopic (exact) mass is 282 g/mol. The molecule has 0 saturated heterocycles. The highest BCUT2D eigenvalue weighted by Crippen LogP contribution is 2.20. The standard InChI is InChI=1S/C15H14N4O2/c20-15(12-5-7-16-8-6-12)19-18-13-3-1-11(2-4-13)14-9-17-10-21-14/h1-10,15,18-20H. The predicted octanol–water partition coefficient (Wildman–Crippen LogP) is 2.34. The van der Waals surface area contributed by atoms with E-state index in [4.69, 9.17) is 4.42 Å². The zero-order chi connectivity index (χ0) is 14.5. The third kappa shape index (κ3) is 3.25. The van der Waals surface area contributed by atoms with Gasteiger partial charge in [-0.3, -0.25) is 4.98 Å². The lowest BCUT2D eigenvalue weighted by atomic mass is 10.2. The van der Waals surface area contributed by atoms with E-state index in [0.29, 0.717) is 5.76 Å². The first-order valence-electron chi connectivity index (χ1n) is 6.41. The van der Waals surface area contributed by atoms with E-state index in [0.717, 1.165) is 16.8 Å². The summed E-state index contributed by atoms with van der Waals surface area (Å²) in [5, 5.41) is 9.96. The lowest BCUT2D eigenvalue weighted by Crippen LogP contribution is -2.26. The molecule has 0 fully saturated rings. The summed E-state index contributed by atoms with van der Waals surface area (Å²) in [7, 11) is 0. The van der Waals surface area contributed by atoms with E-state index in [2.05, 4.69) is 20.8 Å². The Bertz CT molecular complexity index is 669. The molecule has 3 aromatic rings. The van der Waals surface area contributed by atoms with Gasteiger partial charge in [0.05, 0.1) is 6.20 Å². The molecule has 1 atom stereocenters. The molecule has 6 nitrogen and oxygen atoms in total. The van der Waals surface area contributed by atoms with Crippen LogP contribution in [0.3, 0.4) is 0 Å². The SMILES string of the molecule is OC(NNc1ccc(-c2cnco2)cc1)c1ccncc1. The Morgan fingerprint density at radius 2 is 1.76 bits per heavy atom. The summed E-state index contributed by atoms with van der Waals surface area (Å²) in [5.74, 6) is 0.714. The van der Waals surface area contributed by atoms with Gasteiger partial charge in [0.25, 0.3) is 0 Å². The van der Waals surface area contributed by atoms with Gasteiger partial charge >= 0.3 is 0 Å². The molecule has 0 aliphatic heterocycles. The van der Waals surface area contributed by atoms with Gasteiger partial charge in [0.1, 0.15) is 6.23 Å². The molecule has 0 saturated carbocycles. The van der Waals surface area contributed by atoms with Crippen molar-refractivity contribution in [2.24, 2.45) is 0 Å². The second-order valence-electron chi connectivity index (χ2n) is 4.40. The summed E-state index contributed by atoms with van der Waals surface area (Å²) < 4.78 is 5.22. The van der Waals surface area contributed by atoms with Crippen molar-refractivity contribution in [3.8, 4) is 11.3 Å². The number of benzene rings is 1. The van der Waals surface area contributed by atoms with E-state index in [9.17, 15) is 5.11 Å². The fraction of sp³-hybridized carbons (Fsp3) is 0.0667. The zero-order valence-corrected chi connectivity index (χ0v) is 11.1. The van der Waals surface area contributed by atoms with Crippen LogP contribution in [0.1, 0.15) is 11.8 Å². The van der Waals surface area contributed by atoms with Crippen molar-refractivity contribution < 1.29 is 9.52 Å². The van der Waals surface area contributed by atoms with Crippen molar-refractivity contribution >= 4 is 5.69 Å². The van der Waals surface area contributed by atoms with E-state index >= 15 is 0 Å². The first-order valence-corrected chi connectivity index (χ1v) is 6.41. The van der Waals surface area contributed by atoms with Gasteiger partial charge < -0.3 is 14.9 Å². The molecule has 3 rings (SSSR count). The minimum atomic E-state index is -0.818. The van der Waals surface area contributed by atoms with Crippen LogP contribution in [0.5, 0.6) is 0 Å². The lowest BCUT2D eigenvalue weighted by Gasteiger charge is -2.15. The fourth-order valence-corrected chi connectivity index (χ4v) is 1.86. The number of nitrogens with one attached hydrogen (secondary N) is 2. The van der Waals surface area contributed by atoms with Crippen molar-refractivity contribution in [1.29, 1.82) is 0 Å². The van der Waals surface area contributed by atoms with Gasteiger partial charge in [0, 0.05) is 23.6 Å². The van der Waals surface area contributed by atoms with Crippen LogP contribution in [0.4, 0.5) is 5.69 Å². The summed E-state index contributed by atoms with van der Waals surface area (Å²) >= 11 is 0. The smallest absolute Gasteiger partial charge is 0.181 e. The van der Waals surface area contributed by atoms with Crippen LogP contribution in [-0.2, 0) is 0 Å². The van der Waals surface area contributed by atoms with Crippen LogP contribution >= 0.6 is 0 Å². The number of anilines is 1. The molecule has 0 amide bonds. The Morgan fingerprint density at radius 1 is 1.00 bits per heavy atom. The average molecular weight is 282 g/mol. The molecule has 2 heterocycles. The number of hydrogen-bond donors (Lipinski definition) is 3. The van der Waals surface area contributed by atoms with Gasteiger partial charge in [-0.05, 0) is 42.0 Å². The number of oxazole rings is 1. The number of nitrogens with zero attached hydrogens (tertiary/aromatic N) is 2. The van der Waals surface area contributed by atoms with Crippen LogP contribution in [-0.4, -0.2) is 15.1 Å². The molecule has 0 aliphatic carbocycles. The molecule has 1 aromatic carbocycles. The van der Waals surface area contributed by atoms with Crippen molar-refractivity contribution in [2.75, 3.05) is 5.43 Å². The molecular formula is C15H14N4O2. The molecule has 2 aromatic heterocycles. The van der Waals surface area contributed by atoms with E-state index in [1.165, 1.54) is 6.39 Å². The Labute approximate surface area is 121 Å². The van der Waals surface area contributed by atoms with Crippen LogP contribution in [0.25, 0.3) is 11.3 Å².